The van der Waals surface area contributed by atoms with Crippen molar-refractivity contribution in [2.24, 2.45) is 0 Å². The highest BCUT2D eigenvalue weighted by Crippen LogP contribution is 2.48. The first-order valence-electron chi connectivity index (χ1n) is 19.3. The number of nitrogens with zero attached hydrogens (tertiary/aromatic N) is 4. The number of fused-ring (bicyclic) bond motifs is 14. The first-order chi connectivity index (χ1) is 28.7. The summed E-state index contributed by atoms with van der Waals surface area (Å²) >= 11 is 3.63. The van der Waals surface area contributed by atoms with Gasteiger partial charge in [-0.25, -0.2) is 15.0 Å². The van der Waals surface area contributed by atoms with Crippen molar-refractivity contribution in [3.63, 3.8) is 0 Å². The molecule has 0 spiro atoms. The van der Waals surface area contributed by atoms with Crippen LogP contribution in [0.15, 0.2) is 174 Å². The molecule has 0 aliphatic rings. The smallest absolute Gasteiger partial charge is 0.165 e. The van der Waals surface area contributed by atoms with E-state index in [2.05, 4.69) is 132 Å². The maximum Gasteiger partial charge on any atom is 0.165 e. The van der Waals surface area contributed by atoms with Gasteiger partial charge in [0.1, 0.15) is 11.2 Å². The van der Waals surface area contributed by atoms with Crippen LogP contribution in [0.3, 0.4) is 0 Å². The summed E-state index contributed by atoms with van der Waals surface area (Å²) in [7, 11) is 0. The molecule has 13 rings (SSSR count). The summed E-state index contributed by atoms with van der Waals surface area (Å²) in [6.07, 6.45) is 0. The molecule has 0 radical (unpaired) electrons. The minimum Gasteiger partial charge on any atom is -0.455 e. The molecule has 270 valence electrons. The molecule has 0 aliphatic heterocycles. The Hall–Kier alpha value is -7.19. The first kappa shape index (κ1) is 32.0. The maximum absolute atomic E-state index is 6.74. The van der Waals surface area contributed by atoms with Crippen molar-refractivity contribution in [3.05, 3.63) is 170 Å². The number of benzene rings is 8. The van der Waals surface area contributed by atoms with Crippen molar-refractivity contribution in [3.8, 4) is 39.9 Å². The molecule has 0 fully saturated rings. The van der Waals surface area contributed by atoms with Crippen LogP contribution in [0.25, 0.3) is 124 Å². The van der Waals surface area contributed by atoms with Crippen LogP contribution in [0.1, 0.15) is 0 Å². The summed E-state index contributed by atoms with van der Waals surface area (Å²) in [6.45, 7) is 0. The quantitative estimate of drug-likeness (QED) is 0.179. The van der Waals surface area contributed by atoms with Gasteiger partial charge in [0, 0.05) is 84.3 Å². The summed E-state index contributed by atoms with van der Waals surface area (Å²) in [5, 5.41) is 9.50. The third-order valence-corrected chi connectivity index (χ3v) is 13.9. The number of furan rings is 1. The number of rotatable bonds is 4. The molecule has 5 heterocycles. The lowest BCUT2D eigenvalue weighted by Crippen LogP contribution is -2.01. The third kappa shape index (κ3) is 4.60. The van der Waals surface area contributed by atoms with Gasteiger partial charge in [-0.05, 0) is 48.5 Å². The number of hydrogen-bond acceptors (Lipinski definition) is 6. The van der Waals surface area contributed by atoms with E-state index >= 15 is 0 Å². The van der Waals surface area contributed by atoms with Crippen molar-refractivity contribution in [1.29, 1.82) is 0 Å². The van der Waals surface area contributed by atoms with Crippen molar-refractivity contribution in [2.75, 3.05) is 0 Å². The van der Waals surface area contributed by atoms with E-state index in [4.69, 9.17) is 19.4 Å². The highest BCUT2D eigenvalue weighted by Gasteiger charge is 2.24. The molecule has 13 aromatic rings. The molecule has 0 saturated heterocycles. The highest BCUT2D eigenvalue weighted by molar-refractivity contribution is 7.27. The van der Waals surface area contributed by atoms with E-state index in [1.807, 2.05) is 53.8 Å². The summed E-state index contributed by atoms with van der Waals surface area (Å²) in [5.74, 6) is 1.89. The molecule has 0 aliphatic carbocycles. The lowest BCUT2D eigenvalue weighted by molar-refractivity contribution is 0.673. The molecule has 5 nitrogen and oxygen atoms in total. The minimum atomic E-state index is 0.625. The molecule has 7 heteroatoms. The summed E-state index contributed by atoms with van der Waals surface area (Å²) < 4.78 is 14.0. The molecule has 0 unspecified atom stereocenters. The summed E-state index contributed by atoms with van der Waals surface area (Å²) in [4.78, 5) is 15.6. The van der Waals surface area contributed by atoms with Gasteiger partial charge in [0.25, 0.3) is 0 Å². The average Bonchev–Trinajstić information content (AvgIpc) is 4.05. The van der Waals surface area contributed by atoms with Gasteiger partial charge in [0.05, 0.1) is 11.0 Å². The van der Waals surface area contributed by atoms with Crippen LogP contribution in [0, 0.1) is 0 Å². The Morgan fingerprint density at radius 3 is 1.84 bits per heavy atom. The van der Waals surface area contributed by atoms with E-state index in [-0.39, 0.29) is 0 Å². The van der Waals surface area contributed by atoms with Gasteiger partial charge in [0.2, 0.25) is 0 Å². The van der Waals surface area contributed by atoms with Crippen LogP contribution >= 0.6 is 22.7 Å². The van der Waals surface area contributed by atoms with Crippen molar-refractivity contribution in [2.45, 2.75) is 0 Å². The predicted octanol–water partition coefficient (Wildman–Crippen LogP) is 14.6. The number of thiophene rings is 2. The van der Waals surface area contributed by atoms with E-state index in [1.165, 1.54) is 30.9 Å². The Kier molecular flexibility index (Phi) is 6.70. The van der Waals surface area contributed by atoms with Gasteiger partial charge in [0.15, 0.2) is 17.5 Å². The van der Waals surface area contributed by atoms with E-state index in [1.54, 1.807) is 11.3 Å². The van der Waals surface area contributed by atoms with Gasteiger partial charge in [-0.15, -0.1) is 22.7 Å². The fourth-order valence-electron chi connectivity index (χ4n) is 8.87. The molecule has 58 heavy (non-hydrogen) atoms. The summed E-state index contributed by atoms with van der Waals surface area (Å²) in [6, 6.07) is 59.9. The normalized spacial score (nSPS) is 12.1. The molecule has 0 saturated carbocycles. The standard InChI is InChI=1S/C51H28N4OS2/c1-3-13-29(14-4-1)49-52-50(30-15-5-2-6-16-30)54-51(53-49)38-28-31(27-37-45-43(58-47(37)38)26-24-34-32-17-8-11-21-41(32)56-46(34)45)55-39-20-10-7-19-36(39)44-40(55)25-23-35-33-18-9-12-22-42(33)57-48(35)44/h1-28H. The largest absolute Gasteiger partial charge is 0.455 e. The van der Waals surface area contributed by atoms with Crippen LogP contribution < -0.4 is 0 Å². The number of para-hydroxylation sites is 2. The molecule has 0 amide bonds. The Morgan fingerprint density at radius 1 is 0.414 bits per heavy atom. The zero-order chi connectivity index (χ0) is 37.9. The van der Waals surface area contributed by atoms with Crippen LogP contribution in [-0.2, 0) is 0 Å². The maximum atomic E-state index is 6.74. The van der Waals surface area contributed by atoms with Crippen LogP contribution in [0.5, 0.6) is 0 Å². The van der Waals surface area contributed by atoms with Gasteiger partial charge in [-0.1, -0.05) is 121 Å². The molecule has 8 aromatic carbocycles. The lowest BCUT2D eigenvalue weighted by Gasteiger charge is -2.13. The molecular weight excluding hydrogens is 749 g/mol. The lowest BCUT2D eigenvalue weighted by atomic mass is 10.0. The number of aromatic nitrogens is 4. The third-order valence-electron chi connectivity index (χ3n) is 11.4. The topological polar surface area (TPSA) is 56.7 Å². The Labute approximate surface area is 338 Å². The van der Waals surface area contributed by atoms with Crippen LogP contribution in [0.2, 0.25) is 0 Å². The highest BCUT2D eigenvalue weighted by atomic mass is 32.1. The van der Waals surface area contributed by atoms with Crippen LogP contribution in [-0.4, -0.2) is 19.5 Å². The van der Waals surface area contributed by atoms with Crippen LogP contribution in [0.4, 0.5) is 0 Å². The van der Waals surface area contributed by atoms with Gasteiger partial charge in [-0.3, -0.25) is 0 Å². The second-order valence-electron chi connectivity index (χ2n) is 14.7. The summed E-state index contributed by atoms with van der Waals surface area (Å²) in [5.41, 5.74) is 7.93. The predicted molar refractivity (Wildman–Crippen MR) is 244 cm³/mol. The van der Waals surface area contributed by atoms with E-state index in [0.717, 1.165) is 75.5 Å². The van der Waals surface area contributed by atoms with Crippen molar-refractivity contribution >= 4 is 107 Å². The molecule has 0 N–H and O–H groups in total. The number of hydrogen-bond donors (Lipinski definition) is 0. The second-order valence-corrected chi connectivity index (χ2v) is 16.8. The second kappa shape index (κ2) is 12.2. The molecule has 5 aromatic heterocycles. The monoisotopic (exact) mass is 776 g/mol. The van der Waals surface area contributed by atoms with Gasteiger partial charge in [-0.2, -0.15) is 0 Å². The Bertz CT molecular complexity index is 3740. The van der Waals surface area contributed by atoms with Gasteiger partial charge >= 0.3 is 0 Å². The first-order valence-corrected chi connectivity index (χ1v) is 20.9. The minimum absolute atomic E-state index is 0.625. The SMILES string of the molecule is c1ccc(-c2nc(-c3ccccc3)nc(-c3cc(-n4c5ccccc5c5c6sc7ccccc7c6ccc54)cc4c3sc3ccc5c6ccccc6oc5c34)n2)cc1. The van der Waals surface area contributed by atoms with E-state index < -0.39 is 0 Å². The van der Waals surface area contributed by atoms with Crippen molar-refractivity contribution in [1.82, 2.24) is 19.5 Å². The molecule has 0 bridgehead atoms. The fraction of sp³-hybridized carbons (Fsp3) is 0. The van der Waals surface area contributed by atoms with Gasteiger partial charge < -0.3 is 8.98 Å². The average molecular weight is 777 g/mol. The van der Waals surface area contributed by atoms with E-state index in [0.29, 0.717) is 17.5 Å². The van der Waals surface area contributed by atoms with E-state index in [9.17, 15) is 0 Å². The zero-order valence-corrected chi connectivity index (χ0v) is 32.3. The van der Waals surface area contributed by atoms with Crippen molar-refractivity contribution < 1.29 is 4.42 Å². The Balaban J connectivity index is 1.18. The molecule has 0 atom stereocenters. The zero-order valence-electron chi connectivity index (χ0n) is 30.7. The molecular formula is C51H28N4OS2. The Morgan fingerprint density at radius 2 is 1.05 bits per heavy atom. The fourth-order valence-corrected chi connectivity index (χ4v) is 11.3.